The maximum absolute atomic E-state index is 11.3. The number of aromatic carboxylic acids is 1. The highest BCUT2D eigenvalue weighted by atomic mass is 16.4. The molecule has 1 aromatic carbocycles. The number of carboxylic acid groups (broad SMARTS) is 1. The Morgan fingerprint density at radius 3 is 2.89 bits per heavy atom. The second-order valence-corrected chi connectivity index (χ2v) is 5.25. The summed E-state index contributed by atoms with van der Waals surface area (Å²) in [5, 5.41) is 9.30. The van der Waals surface area contributed by atoms with E-state index in [9.17, 15) is 9.90 Å². The number of anilines is 2. The summed E-state index contributed by atoms with van der Waals surface area (Å²) in [6, 6.07) is 5.43. The van der Waals surface area contributed by atoms with Crippen LogP contribution in [0.1, 0.15) is 23.2 Å². The molecule has 1 saturated heterocycles. The summed E-state index contributed by atoms with van der Waals surface area (Å²) in [6.07, 6.45) is 2.23. The number of nitrogens with zero attached hydrogens (tertiary/aromatic N) is 2. The number of likely N-dealkylation sites (N-methyl/N-ethyl adjacent to an activating group) is 2. The van der Waals surface area contributed by atoms with Crippen LogP contribution in [-0.2, 0) is 0 Å². The molecular formula is C14H21N3O2. The van der Waals surface area contributed by atoms with Crippen molar-refractivity contribution in [2.75, 3.05) is 37.8 Å². The number of hydrogen-bond donors (Lipinski definition) is 2. The minimum absolute atomic E-state index is 0.274. The van der Waals surface area contributed by atoms with E-state index in [1.807, 2.05) is 7.05 Å². The van der Waals surface area contributed by atoms with E-state index in [4.69, 9.17) is 5.73 Å². The van der Waals surface area contributed by atoms with Crippen molar-refractivity contribution in [2.24, 2.45) is 0 Å². The van der Waals surface area contributed by atoms with Gasteiger partial charge in [0, 0.05) is 25.3 Å². The largest absolute Gasteiger partial charge is 0.478 e. The topological polar surface area (TPSA) is 69.8 Å². The van der Waals surface area contributed by atoms with E-state index < -0.39 is 5.97 Å². The van der Waals surface area contributed by atoms with Gasteiger partial charge in [-0.3, -0.25) is 0 Å². The van der Waals surface area contributed by atoms with E-state index in [0.29, 0.717) is 11.7 Å². The summed E-state index contributed by atoms with van der Waals surface area (Å²) < 4.78 is 0. The summed E-state index contributed by atoms with van der Waals surface area (Å²) in [5.41, 5.74) is 7.17. The molecule has 0 aromatic heterocycles. The van der Waals surface area contributed by atoms with Gasteiger partial charge in [0.05, 0.1) is 11.3 Å². The zero-order valence-electron chi connectivity index (χ0n) is 11.5. The minimum Gasteiger partial charge on any atom is -0.478 e. The molecule has 1 unspecified atom stereocenters. The molecule has 0 saturated carbocycles. The summed E-state index contributed by atoms with van der Waals surface area (Å²) in [4.78, 5) is 15.7. The van der Waals surface area contributed by atoms with Gasteiger partial charge in [-0.05, 0) is 44.6 Å². The first-order valence-electron chi connectivity index (χ1n) is 6.53. The van der Waals surface area contributed by atoms with Crippen LogP contribution in [0.5, 0.6) is 0 Å². The Labute approximate surface area is 113 Å². The molecule has 1 aliphatic heterocycles. The van der Waals surface area contributed by atoms with Crippen molar-refractivity contribution in [2.45, 2.75) is 18.9 Å². The van der Waals surface area contributed by atoms with Gasteiger partial charge in [0.2, 0.25) is 0 Å². The molecule has 5 heteroatoms. The van der Waals surface area contributed by atoms with Gasteiger partial charge in [0.1, 0.15) is 0 Å². The monoisotopic (exact) mass is 263 g/mol. The number of likely N-dealkylation sites (tertiary alicyclic amines) is 1. The van der Waals surface area contributed by atoms with Crippen LogP contribution in [0.25, 0.3) is 0 Å². The van der Waals surface area contributed by atoms with Gasteiger partial charge < -0.3 is 20.6 Å². The predicted molar refractivity (Wildman–Crippen MR) is 76.7 cm³/mol. The maximum atomic E-state index is 11.3. The first-order chi connectivity index (χ1) is 8.99. The Morgan fingerprint density at radius 1 is 1.53 bits per heavy atom. The van der Waals surface area contributed by atoms with Gasteiger partial charge in [-0.1, -0.05) is 0 Å². The summed E-state index contributed by atoms with van der Waals surface area (Å²) in [5.74, 6) is -0.932. The molecule has 1 fully saturated rings. The second kappa shape index (κ2) is 5.48. The maximum Gasteiger partial charge on any atom is 0.337 e. The number of nitrogen functional groups attached to an aromatic ring is 1. The fourth-order valence-electron chi connectivity index (χ4n) is 2.68. The van der Waals surface area contributed by atoms with Gasteiger partial charge in [-0.2, -0.15) is 0 Å². The van der Waals surface area contributed by atoms with Crippen LogP contribution < -0.4 is 10.6 Å². The van der Waals surface area contributed by atoms with Crippen LogP contribution in [0, 0.1) is 0 Å². The van der Waals surface area contributed by atoms with E-state index in [0.717, 1.165) is 31.6 Å². The fourth-order valence-corrected chi connectivity index (χ4v) is 2.68. The van der Waals surface area contributed by atoms with Crippen LogP contribution in [0.2, 0.25) is 0 Å². The van der Waals surface area contributed by atoms with Crippen LogP contribution in [0.15, 0.2) is 18.2 Å². The van der Waals surface area contributed by atoms with Crippen molar-refractivity contribution >= 4 is 17.3 Å². The SMILES string of the molecule is CN1CCCC(N(C)c2ccc(N)cc2C(=O)O)C1. The van der Waals surface area contributed by atoms with E-state index in [2.05, 4.69) is 16.8 Å². The van der Waals surface area contributed by atoms with Gasteiger partial charge in [0.25, 0.3) is 0 Å². The third-order valence-corrected chi connectivity index (χ3v) is 3.78. The molecule has 104 valence electrons. The molecule has 0 aliphatic carbocycles. The number of hydrogen-bond acceptors (Lipinski definition) is 4. The first kappa shape index (κ1) is 13.7. The lowest BCUT2D eigenvalue weighted by molar-refractivity contribution is 0.0697. The van der Waals surface area contributed by atoms with Gasteiger partial charge in [-0.15, -0.1) is 0 Å². The second-order valence-electron chi connectivity index (χ2n) is 5.25. The Hall–Kier alpha value is -1.75. The Balaban J connectivity index is 2.27. The molecule has 19 heavy (non-hydrogen) atoms. The third-order valence-electron chi connectivity index (χ3n) is 3.78. The quantitative estimate of drug-likeness (QED) is 0.809. The average Bonchev–Trinajstić information content (AvgIpc) is 2.37. The molecule has 2 rings (SSSR count). The Kier molecular flexibility index (Phi) is 3.95. The zero-order valence-corrected chi connectivity index (χ0v) is 11.5. The molecule has 1 heterocycles. The number of carbonyl (C=O) groups is 1. The summed E-state index contributed by atoms with van der Waals surface area (Å²) in [7, 11) is 4.06. The fraction of sp³-hybridized carbons (Fsp3) is 0.500. The van der Waals surface area contributed by atoms with E-state index in [1.54, 1.807) is 12.1 Å². The molecule has 1 atom stereocenters. The normalized spacial score (nSPS) is 20.2. The molecule has 0 amide bonds. The van der Waals surface area contributed by atoms with Crippen molar-refractivity contribution in [3.05, 3.63) is 23.8 Å². The summed E-state index contributed by atoms with van der Waals surface area (Å²) >= 11 is 0. The molecule has 1 aromatic rings. The molecule has 0 spiro atoms. The van der Waals surface area contributed by atoms with Gasteiger partial charge in [0.15, 0.2) is 0 Å². The lowest BCUT2D eigenvalue weighted by Gasteiger charge is -2.37. The predicted octanol–water partition coefficient (Wildman–Crippen LogP) is 1.50. The van der Waals surface area contributed by atoms with Crippen molar-refractivity contribution < 1.29 is 9.90 Å². The molecule has 0 radical (unpaired) electrons. The van der Waals surface area contributed by atoms with Crippen LogP contribution in [0.3, 0.4) is 0 Å². The summed E-state index contributed by atoms with van der Waals surface area (Å²) in [6.45, 7) is 2.07. The van der Waals surface area contributed by atoms with E-state index in [1.165, 1.54) is 6.07 Å². The van der Waals surface area contributed by atoms with Crippen molar-refractivity contribution in [3.63, 3.8) is 0 Å². The van der Waals surface area contributed by atoms with E-state index in [-0.39, 0.29) is 5.56 Å². The molecular weight excluding hydrogens is 242 g/mol. The lowest BCUT2D eigenvalue weighted by atomic mass is 10.0. The van der Waals surface area contributed by atoms with Gasteiger partial charge >= 0.3 is 5.97 Å². The van der Waals surface area contributed by atoms with Crippen LogP contribution in [0.4, 0.5) is 11.4 Å². The first-order valence-corrected chi connectivity index (χ1v) is 6.53. The number of nitrogens with two attached hydrogens (primary N) is 1. The van der Waals surface area contributed by atoms with Crippen molar-refractivity contribution in [1.82, 2.24) is 4.90 Å². The van der Waals surface area contributed by atoms with Crippen LogP contribution >= 0.6 is 0 Å². The standard InChI is InChI=1S/C14H21N3O2/c1-16-7-3-4-11(9-16)17(2)13-6-5-10(15)8-12(13)14(18)19/h5-6,8,11H,3-4,7,9,15H2,1-2H3,(H,18,19). The number of benzene rings is 1. The molecule has 5 nitrogen and oxygen atoms in total. The number of carboxylic acids is 1. The molecule has 1 aliphatic rings. The Bertz CT molecular complexity index is 476. The average molecular weight is 263 g/mol. The Morgan fingerprint density at radius 2 is 2.26 bits per heavy atom. The number of piperidine rings is 1. The smallest absolute Gasteiger partial charge is 0.337 e. The number of rotatable bonds is 3. The molecule has 3 N–H and O–H groups in total. The highest BCUT2D eigenvalue weighted by Crippen LogP contribution is 2.26. The van der Waals surface area contributed by atoms with E-state index >= 15 is 0 Å². The minimum atomic E-state index is -0.932. The molecule has 0 bridgehead atoms. The lowest BCUT2D eigenvalue weighted by Crippen LogP contribution is -2.45. The highest BCUT2D eigenvalue weighted by Gasteiger charge is 2.24. The zero-order chi connectivity index (χ0) is 14.0. The highest BCUT2D eigenvalue weighted by molar-refractivity contribution is 5.95. The van der Waals surface area contributed by atoms with Gasteiger partial charge in [-0.25, -0.2) is 4.79 Å². The third kappa shape index (κ3) is 2.98. The van der Waals surface area contributed by atoms with Crippen LogP contribution in [-0.4, -0.2) is 49.2 Å². The van der Waals surface area contributed by atoms with Crippen molar-refractivity contribution in [1.29, 1.82) is 0 Å². The van der Waals surface area contributed by atoms with Crippen molar-refractivity contribution in [3.8, 4) is 0 Å².